The molecule has 2 aromatic rings. The molecule has 0 radical (unpaired) electrons. The maximum atomic E-state index is 11.3. The smallest absolute Gasteiger partial charge is 0.229 e. The van der Waals surface area contributed by atoms with Crippen molar-refractivity contribution in [2.75, 3.05) is 11.0 Å². The van der Waals surface area contributed by atoms with Crippen LogP contribution >= 0.6 is 0 Å². The Balaban J connectivity index is 1.98. The van der Waals surface area contributed by atoms with Gasteiger partial charge in [-0.25, -0.2) is 8.42 Å². The van der Waals surface area contributed by atoms with Gasteiger partial charge in [0.1, 0.15) is 0 Å². The van der Waals surface area contributed by atoms with Crippen molar-refractivity contribution in [3.8, 4) is 0 Å². The van der Waals surface area contributed by atoms with Crippen molar-refractivity contribution in [3.63, 3.8) is 0 Å². The third kappa shape index (κ3) is 2.82. The van der Waals surface area contributed by atoms with E-state index in [0.29, 0.717) is 11.7 Å². The fourth-order valence-corrected chi connectivity index (χ4v) is 3.66. The monoisotopic (exact) mass is 292 g/mol. The normalized spacial score (nSPS) is 17.4. The minimum Gasteiger partial charge on any atom is -0.344 e. The second kappa shape index (κ2) is 5.13. The highest BCUT2D eigenvalue weighted by Crippen LogP contribution is 2.32. The molecule has 0 aliphatic heterocycles. The van der Waals surface area contributed by atoms with E-state index in [9.17, 15) is 8.42 Å². The molecule has 1 N–H and O–H groups in total. The first-order chi connectivity index (χ1) is 9.53. The molecule has 0 amide bonds. The van der Waals surface area contributed by atoms with Gasteiger partial charge in [-0.05, 0) is 36.4 Å². The Kier molecular flexibility index (Phi) is 3.46. The number of fused-ring (bicyclic) bond motifs is 1. The molecule has 0 bridgehead atoms. The topological polar surface area (TPSA) is 51.1 Å². The first kappa shape index (κ1) is 13.5. The zero-order chi connectivity index (χ0) is 14.2. The molecule has 1 saturated carbocycles. The zero-order valence-corrected chi connectivity index (χ0v) is 12.5. The molecular formula is C15H20N2O2S. The minimum absolute atomic E-state index is 0.551. The van der Waals surface area contributed by atoms with Gasteiger partial charge in [-0.2, -0.15) is 0 Å². The van der Waals surface area contributed by atoms with Crippen LogP contribution in [0.5, 0.6) is 0 Å². The van der Waals surface area contributed by atoms with Crippen LogP contribution in [-0.2, 0) is 10.0 Å². The lowest BCUT2D eigenvalue weighted by Crippen LogP contribution is -2.12. The van der Waals surface area contributed by atoms with Crippen molar-refractivity contribution >= 4 is 26.6 Å². The van der Waals surface area contributed by atoms with E-state index in [1.54, 1.807) is 0 Å². The molecule has 1 aliphatic rings. The Labute approximate surface area is 119 Å². The van der Waals surface area contributed by atoms with Crippen molar-refractivity contribution in [1.29, 1.82) is 0 Å². The molecule has 5 heteroatoms. The number of rotatable bonds is 3. The average Bonchev–Trinajstić information content (AvgIpc) is 2.81. The van der Waals surface area contributed by atoms with Crippen molar-refractivity contribution in [2.24, 2.45) is 0 Å². The highest BCUT2D eigenvalue weighted by Gasteiger charge is 2.16. The van der Waals surface area contributed by atoms with Gasteiger partial charge in [0.05, 0.1) is 17.5 Å². The number of aromatic nitrogens is 1. The Bertz CT molecular complexity index is 713. The summed E-state index contributed by atoms with van der Waals surface area (Å²) in [5.41, 5.74) is 1.75. The number of nitrogens with one attached hydrogen (secondary N) is 1. The summed E-state index contributed by atoms with van der Waals surface area (Å²) in [5.74, 6) is 0. The van der Waals surface area contributed by atoms with Crippen molar-refractivity contribution < 1.29 is 8.42 Å². The van der Waals surface area contributed by atoms with E-state index in [1.807, 2.05) is 18.2 Å². The molecule has 0 unspecified atom stereocenters. The molecule has 1 aliphatic carbocycles. The zero-order valence-electron chi connectivity index (χ0n) is 11.7. The summed E-state index contributed by atoms with van der Waals surface area (Å²) in [6.45, 7) is 0. The number of nitrogens with zero attached hydrogens (tertiary/aromatic N) is 1. The molecule has 4 nitrogen and oxygen atoms in total. The summed E-state index contributed by atoms with van der Waals surface area (Å²) in [6.07, 6.45) is 9.64. The van der Waals surface area contributed by atoms with Gasteiger partial charge in [-0.15, -0.1) is 0 Å². The Morgan fingerprint density at radius 3 is 2.60 bits per heavy atom. The highest BCUT2D eigenvalue weighted by atomic mass is 32.2. The van der Waals surface area contributed by atoms with E-state index in [-0.39, 0.29) is 0 Å². The average molecular weight is 292 g/mol. The predicted octanol–water partition coefficient (Wildman–Crippen LogP) is 3.52. The molecule has 20 heavy (non-hydrogen) atoms. The van der Waals surface area contributed by atoms with E-state index < -0.39 is 10.0 Å². The van der Waals surface area contributed by atoms with Crippen molar-refractivity contribution in [2.45, 2.75) is 38.1 Å². The van der Waals surface area contributed by atoms with E-state index in [4.69, 9.17) is 0 Å². The molecule has 1 fully saturated rings. The Morgan fingerprint density at radius 1 is 1.15 bits per heavy atom. The molecule has 0 spiro atoms. The van der Waals surface area contributed by atoms with Crippen LogP contribution < -0.4 is 4.72 Å². The van der Waals surface area contributed by atoms with Crippen LogP contribution in [0.1, 0.15) is 38.1 Å². The second-order valence-electron chi connectivity index (χ2n) is 5.66. The molecule has 0 saturated heterocycles. The number of hydrogen-bond donors (Lipinski definition) is 1. The van der Waals surface area contributed by atoms with Crippen LogP contribution in [-0.4, -0.2) is 19.2 Å². The molecule has 108 valence electrons. The number of anilines is 1. The van der Waals surface area contributed by atoms with E-state index in [2.05, 4.69) is 21.6 Å². The van der Waals surface area contributed by atoms with Gasteiger partial charge in [-0.1, -0.05) is 25.3 Å². The van der Waals surface area contributed by atoms with Gasteiger partial charge in [0.2, 0.25) is 10.0 Å². The van der Waals surface area contributed by atoms with Crippen LogP contribution in [0, 0.1) is 0 Å². The third-order valence-corrected chi connectivity index (χ3v) is 4.60. The highest BCUT2D eigenvalue weighted by molar-refractivity contribution is 7.92. The maximum absolute atomic E-state index is 11.3. The number of sulfonamides is 1. The lowest BCUT2D eigenvalue weighted by molar-refractivity contribution is 0.361. The third-order valence-electron chi connectivity index (χ3n) is 3.99. The summed E-state index contributed by atoms with van der Waals surface area (Å²) in [4.78, 5) is 0. The minimum atomic E-state index is -3.23. The van der Waals surface area contributed by atoms with Gasteiger partial charge in [0.25, 0.3) is 0 Å². The summed E-state index contributed by atoms with van der Waals surface area (Å²) in [7, 11) is -3.23. The first-order valence-electron chi connectivity index (χ1n) is 7.11. The van der Waals surface area contributed by atoms with Crippen LogP contribution in [0.4, 0.5) is 5.69 Å². The fourth-order valence-electron chi connectivity index (χ4n) is 3.10. The maximum Gasteiger partial charge on any atom is 0.229 e. The van der Waals surface area contributed by atoms with Gasteiger partial charge in [0.15, 0.2) is 0 Å². The van der Waals surface area contributed by atoms with Gasteiger partial charge >= 0.3 is 0 Å². The van der Waals surface area contributed by atoms with Crippen LogP contribution in [0.2, 0.25) is 0 Å². The molecule has 1 aromatic carbocycles. The predicted molar refractivity (Wildman–Crippen MR) is 82.5 cm³/mol. The van der Waals surface area contributed by atoms with Crippen LogP contribution in [0.25, 0.3) is 10.9 Å². The molecule has 1 aromatic heterocycles. The quantitative estimate of drug-likeness (QED) is 0.941. The first-order valence-corrected chi connectivity index (χ1v) is 9.00. The van der Waals surface area contributed by atoms with Gasteiger partial charge in [0, 0.05) is 12.2 Å². The molecule has 0 atom stereocenters. The number of hydrogen-bond acceptors (Lipinski definition) is 2. The summed E-state index contributed by atoms with van der Waals surface area (Å²) in [5, 5.41) is 1.16. The largest absolute Gasteiger partial charge is 0.344 e. The van der Waals surface area contributed by atoms with Gasteiger partial charge in [-0.3, -0.25) is 4.72 Å². The Hall–Kier alpha value is -1.49. The standard InChI is InChI=1S/C15H20N2O2S/c1-20(18,19)16-13-8-7-12-9-10-17(15(12)11-13)14-5-3-2-4-6-14/h7-11,14,16H,2-6H2,1H3. The lowest BCUT2D eigenvalue weighted by Gasteiger charge is -2.24. The van der Waals surface area contributed by atoms with Crippen molar-refractivity contribution in [3.05, 3.63) is 30.5 Å². The lowest BCUT2D eigenvalue weighted by atomic mass is 9.95. The van der Waals surface area contributed by atoms with Gasteiger partial charge < -0.3 is 4.57 Å². The molecular weight excluding hydrogens is 272 g/mol. The summed E-state index contributed by atoms with van der Waals surface area (Å²) < 4.78 is 27.5. The fraction of sp³-hybridized carbons (Fsp3) is 0.467. The molecule has 1 heterocycles. The summed E-state index contributed by atoms with van der Waals surface area (Å²) in [6, 6.07) is 8.38. The summed E-state index contributed by atoms with van der Waals surface area (Å²) >= 11 is 0. The van der Waals surface area contributed by atoms with E-state index in [1.165, 1.54) is 38.4 Å². The van der Waals surface area contributed by atoms with E-state index in [0.717, 1.165) is 10.9 Å². The van der Waals surface area contributed by atoms with E-state index >= 15 is 0 Å². The Morgan fingerprint density at radius 2 is 1.90 bits per heavy atom. The van der Waals surface area contributed by atoms with Crippen molar-refractivity contribution in [1.82, 2.24) is 4.57 Å². The molecule has 3 rings (SSSR count). The van der Waals surface area contributed by atoms with Crippen LogP contribution in [0.15, 0.2) is 30.5 Å². The second-order valence-corrected chi connectivity index (χ2v) is 7.41. The SMILES string of the molecule is CS(=O)(=O)Nc1ccc2ccn(C3CCCCC3)c2c1. The number of benzene rings is 1. The van der Waals surface area contributed by atoms with Crippen LogP contribution in [0.3, 0.4) is 0 Å².